The molecule has 0 fully saturated rings. The minimum atomic E-state index is 0.196. The van der Waals surface area contributed by atoms with Crippen LogP contribution in [0.15, 0.2) is 36.4 Å². The minimum absolute atomic E-state index is 0.196. The molecule has 0 bridgehead atoms. The highest BCUT2D eigenvalue weighted by Crippen LogP contribution is 2.36. The van der Waals surface area contributed by atoms with Crippen molar-refractivity contribution in [2.45, 2.75) is 39.2 Å². The highest BCUT2D eigenvalue weighted by molar-refractivity contribution is 7.13. The second kappa shape index (κ2) is 9.09. The van der Waals surface area contributed by atoms with Gasteiger partial charge in [-0.1, -0.05) is 43.7 Å². The predicted octanol–water partition coefficient (Wildman–Crippen LogP) is 4.90. The fourth-order valence-corrected chi connectivity index (χ4v) is 3.82. The average Bonchev–Trinajstić information content (AvgIpc) is 2.96. The monoisotopic (exact) mass is 317 g/mol. The van der Waals surface area contributed by atoms with Crippen LogP contribution >= 0.6 is 11.3 Å². The zero-order valence-corrected chi connectivity index (χ0v) is 14.7. The maximum Gasteiger partial charge on any atom is 0.0960 e. The van der Waals surface area contributed by atoms with E-state index in [1.165, 1.54) is 27.3 Å². The molecule has 2 heterocycles. The Balaban J connectivity index is 2.26. The Hall–Kier alpha value is -1.16. The molecule has 1 aliphatic heterocycles. The molecule has 1 unspecified atom stereocenters. The van der Waals surface area contributed by atoms with E-state index < -0.39 is 0 Å². The standard InChI is InChI=1S/C19H27NOS/c1-4-6-7-8-10-15(9-5-2)19-13-16-17(14-20-3)21-12-11-18(16)22-19/h5,7-10,13,17,20H,4,6,11-12,14H2,1-3H3/b8-7-,9-5-,15-10+. The van der Waals surface area contributed by atoms with Gasteiger partial charge in [0.1, 0.15) is 0 Å². The van der Waals surface area contributed by atoms with Gasteiger partial charge >= 0.3 is 0 Å². The van der Waals surface area contributed by atoms with Crippen LogP contribution in [0.2, 0.25) is 0 Å². The summed E-state index contributed by atoms with van der Waals surface area (Å²) in [5, 5.41) is 3.23. The average molecular weight is 317 g/mol. The number of nitrogens with one attached hydrogen (secondary N) is 1. The van der Waals surface area contributed by atoms with Gasteiger partial charge in [-0.2, -0.15) is 0 Å². The number of rotatable bonds is 7. The summed E-state index contributed by atoms with van der Waals surface area (Å²) in [5.74, 6) is 0. The van der Waals surface area contributed by atoms with Gasteiger partial charge in [-0.25, -0.2) is 0 Å². The third-order valence-electron chi connectivity index (χ3n) is 3.72. The molecular formula is C19H27NOS. The van der Waals surface area contributed by atoms with Gasteiger partial charge in [0.05, 0.1) is 12.7 Å². The second-order valence-corrected chi connectivity index (χ2v) is 6.63. The zero-order chi connectivity index (χ0) is 15.8. The van der Waals surface area contributed by atoms with Gasteiger partial charge in [0, 0.05) is 22.7 Å². The Labute approximate surface area is 138 Å². The molecule has 22 heavy (non-hydrogen) atoms. The first-order valence-corrected chi connectivity index (χ1v) is 9.00. The van der Waals surface area contributed by atoms with Gasteiger partial charge in [0.25, 0.3) is 0 Å². The Bertz CT molecular complexity index is 554. The topological polar surface area (TPSA) is 21.3 Å². The molecule has 2 rings (SSSR count). The molecule has 0 aliphatic carbocycles. The summed E-state index contributed by atoms with van der Waals surface area (Å²) in [4.78, 5) is 2.82. The smallest absolute Gasteiger partial charge is 0.0960 e. The maximum atomic E-state index is 5.90. The summed E-state index contributed by atoms with van der Waals surface area (Å²) >= 11 is 1.92. The van der Waals surface area contributed by atoms with Crippen molar-refractivity contribution in [1.29, 1.82) is 0 Å². The van der Waals surface area contributed by atoms with Crippen LogP contribution in [-0.4, -0.2) is 20.2 Å². The molecule has 1 aromatic heterocycles. The van der Waals surface area contributed by atoms with Crippen molar-refractivity contribution in [1.82, 2.24) is 5.32 Å². The van der Waals surface area contributed by atoms with Crippen LogP contribution in [0.3, 0.4) is 0 Å². The molecule has 2 nitrogen and oxygen atoms in total. The normalized spacial score (nSPS) is 19.2. The van der Waals surface area contributed by atoms with Gasteiger partial charge < -0.3 is 10.1 Å². The summed E-state index contributed by atoms with van der Waals surface area (Å²) in [6, 6.07) is 2.32. The molecule has 0 saturated heterocycles. The summed E-state index contributed by atoms with van der Waals surface area (Å²) in [6.45, 7) is 5.99. The predicted molar refractivity (Wildman–Crippen MR) is 97.5 cm³/mol. The van der Waals surface area contributed by atoms with E-state index in [9.17, 15) is 0 Å². The SMILES string of the molecule is C\C=C/C(=C\C=C/CCC)c1cc2c(s1)CCOC2CNC. The molecule has 0 aromatic carbocycles. The lowest BCUT2D eigenvalue weighted by molar-refractivity contribution is 0.0451. The van der Waals surface area contributed by atoms with E-state index in [2.05, 4.69) is 55.6 Å². The van der Waals surface area contributed by atoms with Crippen LogP contribution in [0.25, 0.3) is 5.57 Å². The second-order valence-electron chi connectivity index (χ2n) is 5.50. The minimum Gasteiger partial charge on any atom is -0.372 e. The van der Waals surface area contributed by atoms with Crippen LogP contribution in [0.5, 0.6) is 0 Å². The Morgan fingerprint density at radius 2 is 2.36 bits per heavy atom. The van der Waals surface area contributed by atoms with E-state index in [0.29, 0.717) is 0 Å². The van der Waals surface area contributed by atoms with Crippen LogP contribution < -0.4 is 5.32 Å². The number of ether oxygens (including phenoxy) is 1. The number of hydrogen-bond donors (Lipinski definition) is 1. The van der Waals surface area contributed by atoms with Crippen molar-refractivity contribution in [3.05, 3.63) is 51.8 Å². The van der Waals surface area contributed by atoms with Crippen LogP contribution in [0, 0.1) is 0 Å². The molecule has 3 heteroatoms. The van der Waals surface area contributed by atoms with Crippen molar-refractivity contribution < 1.29 is 4.74 Å². The molecule has 0 saturated carbocycles. The number of allylic oxidation sites excluding steroid dienone is 6. The zero-order valence-electron chi connectivity index (χ0n) is 13.9. The molecule has 0 radical (unpaired) electrons. The van der Waals surface area contributed by atoms with Crippen molar-refractivity contribution >= 4 is 16.9 Å². The highest BCUT2D eigenvalue weighted by Gasteiger charge is 2.23. The molecule has 0 amide bonds. The fraction of sp³-hybridized carbons (Fsp3) is 0.474. The summed E-state index contributed by atoms with van der Waals surface area (Å²) in [6.07, 6.45) is 14.5. The van der Waals surface area contributed by atoms with E-state index in [1.54, 1.807) is 0 Å². The first kappa shape index (κ1) is 17.2. The van der Waals surface area contributed by atoms with Gasteiger partial charge in [-0.05, 0) is 37.6 Å². The Kier molecular flexibility index (Phi) is 7.10. The Morgan fingerprint density at radius 1 is 1.50 bits per heavy atom. The van der Waals surface area contributed by atoms with E-state index in [1.807, 2.05) is 18.4 Å². The lowest BCUT2D eigenvalue weighted by Gasteiger charge is -2.22. The number of hydrogen-bond acceptors (Lipinski definition) is 3. The number of likely N-dealkylation sites (N-methyl/N-ethyl adjacent to an activating group) is 1. The van der Waals surface area contributed by atoms with Crippen molar-refractivity contribution in [3.63, 3.8) is 0 Å². The van der Waals surface area contributed by atoms with Crippen molar-refractivity contribution in [3.8, 4) is 0 Å². The lowest BCUT2D eigenvalue weighted by Crippen LogP contribution is -2.24. The number of unbranched alkanes of at least 4 members (excludes halogenated alkanes) is 1. The van der Waals surface area contributed by atoms with Crippen LogP contribution in [-0.2, 0) is 11.2 Å². The van der Waals surface area contributed by atoms with E-state index in [-0.39, 0.29) is 6.10 Å². The van der Waals surface area contributed by atoms with Crippen LogP contribution in [0.1, 0.15) is 48.1 Å². The first-order chi connectivity index (χ1) is 10.8. The molecular weight excluding hydrogens is 290 g/mol. The third-order valence-corrected chi connectivity index (χ3v) is 4.98. The van der Waals surface area contributed by atoms with E-state index in [0.717, 1.165) is 26.0 Å². The summed E-state index contributed by atoms with van der Waals surface area (Å²) in [5.41, 5.74) is 2.66. The first-order valence-electron chi connectivity index (χ1n) is 8.18. The van der Waals surface area contributed by atoms with Crippen molar-refractivity contribution in [2.24, 2.45) is 0 Å². The summed E-state index contributed by atoms with van der Waals surface area (Å²) < 4.78 is 5.90. The molecule has 1 aliphatic rings. The Morgan fingerprint density at radius 3 is 3.09 bits per heavy atom. The van der Waals surface area contributed by atoms with Gasteiger partial charge in [-0.15, -0.1) is 11.3 Å². The van der Waals surface area contributed by atoms with Gasteiger partial charge in [-0.3, -0.25) is 0 Å². The third kappa shape index (κ3) is 4.42. The van der Waals surface area contributed by atoms with Gasteiger partial charge in [0.2, 0.25) is 0 Å². The lowest BCUT2D eigenvalue weighted by atomic mass is 10.0. The van der Waals surface area contributed by atoms with Gasteiger partial charge in [0.15, 0.2) is 0 Å². The van der Waals surface area contributed by atoms with E-state index >= 15 is 0 Å². The molecule has 120 valence electrons. The van der Waals surface area contributed by atoms with Crippen molar-refractivity contribution in [2.75, 3.05) is 20.2 Å². The number of thiophene rings is 1. The molecule has 1 atom stereocenters. The molecule has 1 N–H and O–H groups in total. The molecule has 0 spiro atoms. The summed E-state index contributed by atoms with van der Waals surface area (Å²) in [7, 11) is 1.98. The quantitative estimate of drug-likeness (QED) is 0.722. The largest absolute Gasteiger partial charge is 0.372 e. The fourth-order valence-electron chi connectivity index (χ4n) is 2.62. The maximum absolute atomic E-state index is 5.90. The molecule has 1 aromatic rings. The highest BCUT2D eigenvalue weighted by atomic mass is 32.1. The van der Waals surface area contributed by atoms with Crippen LogP contribution in [0.4, 0.5) is 0 Å². The van der Waals surface area contributed by atoms with E-state index in [4.69, 9.17) is 4.74 Å². The number of fused-ring (bicyclic) bond motifs is 1.